The summed E-state index contributed by atoms with van der Waals surface area (Å²) in [4.78, 5) is 11.0. The van der Waals surface area contributed by atoms with Crippen LogP contribution in [0.15, 0.2) is 0 Å². The number of esters is 1. The Balaban J connectivity index is 2.48. The van der Waals surface area contributed by atoms with Crippen LogP contribution in [-0.4, -0.2) is 30.8 Å². The molecule has 1 aliphatic carbocycles. The van der Waals surface area contributed by atoms with Crippen molar-refractivity contribution < 1.29 is 14.6 Å². The molecule has 4 nitrogen and oxygen atoms in total. The number of rotatable bonds is 2. The van der Waals surface area contributed by atoms with Gasteiger partial charge in [0, 0.05) is 0 Å². The largest absolute Gasteiger partial charge is 0.469 e. The van der Waals surface area contributed by atoms with E-state index in [-0.39, 0.29) is 17.8 Å². The van der Waals surface area contributed by atoms with E-state index in [1.165, 1.54) is 7.11 Å². The molecule has 3 N–H and O–H groups in total. The van der Waals surface area contributed by atoms with Crippen molar-refractivity contribution in [2.45, 2.75) is 18.9 Å². The summed E-state index contributed by atoms with van der Waals surface area (Å²) < 4.78 is 4.58. The van der Waals surface area contributed by atoms with Gasteiger partial charge in [-0.15, -0.1) is 0 Å². The van der Waals surface area contributed by atoms with Gasteiger partial charge in [0.25, 0.3) is 0 Å². The monoisotopic (exact) mass is 173 g/mol. The second-order valence-corrected chi connectivity index (χ2v) is 3.25. The number of ether oxygens (including phenoxy) is 1. The molecule has 1 aliphatic rings. The first-order valence-electron chi connectivity index (χ1n) is 4.15. The van der Waals surface area contributed by atoms with E-state index < -0.39 is 6.10 Å². The summed E-state index contributed by atoms with van der Waals surface area (Å²) in [5, 5.41) is 9.42. The fraction of sp³-hybridized carbons (Fsp3) is 0.875. The van der Waals surface area contributed by atoms with E-state index >= 15 is 0 Å². The average Bonchev–Trinajstić information content (AvgIpc) is 2.45. The molecule has 0 aromatic rings. The highest BCUT2D eigenvalue weighted by Gasteiger charge is 2.36. The number of hydrogen-bond donors (Lipinski definition) is 2. The number of aliphatic hydroxyl groups excluding tert-OH is 1. The van der Waals surface area contributed by atoms with Gasteiger partial charge in [0.15, 0.2) is 0 Å². The van der Waals surface area contributed by atoms with Crippen LogP contribution in [0, 0.1) is 11.8 Å². The van der Waals surface area contributed by atoms with Gasteiger partial charge in [-0.2, -0.15) is 0 Å². The third-order valence-corrected chi connectivity index (χ3v) is 2.49. The Morgan fingerprint density at radius 1 is 1.67 bits per heavy atom. The molecule has 1 fully saturated rings. The number of methoxy groups -OCH3 is 1. The molecule has 0 aromatic heterocycles. The van der Waals surface area contributed by atoms with Gasteiger partial charge in [-0.05, 0) is 25.3 Å². The van der Waals surface area contributed by atoms with E-state index in [4.69, 9.17) is 5.73 Å². The lowest BCUT2D eigenvalue weighted by Gasteiger charge is -2.09. The van der Waals surface area contributed by atoms with Gasteiger partial charge in [0.05, 0.1) is 19.1 Å². The van der Waals surface area contributed by atoms with E-state index in [1.807, 2.05) is 0 Å². The minimum Gasteiger partial charge on any atom is -0.469 e. The van der Waals surface area contributed by atoms with Crippen LogP contribution in [-0.2, 0) is 9.53 Å². The maximum atomic E-state index is 11.0. The zero-order chi connectivity index (χ0) is 9.14. The highest BCUT2D eigenvalue weighted by molar-refractivity contribution is 5.72. The Labute approximate surface area is 71.7 Å². The molecule has 0 radical (unpaired) electrons. The first-order chi connectivity index (χ1) is 5.69. The quantitative estimate of drug-likeness (QED) is 0.552. The second-order valence-electron chi connectivity index (χ2n) is 3.25. The van der Waals surface area contributed by atoms with Crippen molar-refractivity contribution in [3.8, 4) is 0 Å². The number of hydrogen-bond acceptors (Lipinski definition) is 4. The molecule has 0 spiro atoms. The van der Waals surface area contributed by atoms with Crippen molar-refractivity contribution >= 4 is 5.97 Å². The molecule has 70 valence electrons. The molecule has 0 aromatic carbocycles. The van der Waals surface area contributed by atoms with Crippen LogP contribution in [0.5, 0.6) is 0 Å². The van der Waals surface area contributed by atoms with Crippen molar-refractivity contribution in [1.82, 2.24) is 0 Å². The van der Waals surface area contributed by atoms with Crippen molar-refractivity contribution in [2.24, 2.45) is 17.6 Å². The lowest BCUT2D eigenvalue weighted by atomic mass is 10.1. The summed E-state index contributed by atoms with van der Waals surface area (Å²) in [7, 11) is 1.37. The fourth-order valence-corrected chi connectivity index (χ4v) is 1.72. The fourth-order valence-electron chi connectivity index (χ4n) is 1.72. The van der Waals surface area contributed by atoms with E-state index in [9.17, 15) is 9.90 Å². The van der Waals surface area contributed by atoms with Crippen molar-refractivity contribution in [3.05, 3.63) is 0 Å². The molecular formula is C8H15NO3. The Hall–Kier alpha value is -0.610. The average molecular weight is 173 g/mol. The van der Waals surface area contributed by atoms with Gasteiger partial charge in [0.1, 0.15) is 0 Å². The summed E-state index contributed by atoms with van der Waals surface area (Å²) in [6.07, 6.45) is 0.720. The highest BCUT2D eigenvalue weighted by Crippen LogP contribution is 2.31. The van der Waals surface area contributed by atoms with Crippen LogP contribution in [0.4, 0.5) is 0 Å². The summed E-state index contributed by atoms with van der Waals surface area (Å²) in [5.41, 5.74) is 5.42. The molecule has 0 amide bonds. The normalized spacial score (nSPS) is 35.1. The van der Waals surface area contributed by atoms with Gasteiger partial charge < -0.3 is 15.6 Å². The van der Waals surface area contributed by atoms with E-state index in [0.29, 0.717) is 19.4 Å². The first kappa shape index (κ1) is 9.48. The van der Waals surface area contributed by atoms with E-state index in [0.717, 1.165) is 0 Å². The van der Waals surface area contributed by atoms with Crippen LogP contribution in [0.25, 0.3) is 0 Å². The van der Waals surface area contributed by atoms with E-state index in [2.05, 4.69) is 4.74 Å². The molecule has 0 aliphatic heterocycles. The summed E-state index contributed by atoms with van der Waals surface area (Å²) in [5.74, 6) is -0.322. The molecule has 0 saturated heterocycles. The summed E-state index contributed by atoms with van der Waals surface area (Å²) in [6, 6.07) is 0. The minimum atomic E-state index is -0.431. The van der Waals surface area contributed by atoms with Crippen LogP contribution < -0.4 is 5.73 Å². The van der Waals surface area contributed by atoms with Crippen molar-refractivity contribution in [1.29, 1.82) is 0 Å². The molecule has 3 atom stereocenters. The molecule has 12 heavy (non-hydrogen) atoms. The third kappa shape index (κ3) is 1.76. The van der Waals surface area contributed by atoms with Gasteiger partial charge in [-0.3, -0.25) is 4.79 Å². The Morgan fingerprint density at radius 3 is 2.75 bits per heavy atom. The molecule has 1 rings (SSSR count). The molecule has 0 bridgehead atoms. The predicted molar refractivity (Wildman–Crippen MR) is 43.3 cm³/mol. The Bertz CT molecular complexity index is 172. The number of carbonyl (C=O) groups is 1. The minimum absolute atomic E-state index is 0.0640. The SMILES string of the molecule is COC(=O)[C@@H]1CC(O)[C@H](CN)C1. The molecule has 1 unspecified atom stereocenters. The van der Waals surface area contributed by atoms with Crippen LogP contribution in [0.1, 0.15) is 12.8 Å². The topological polar surface area (TPSA) is 72.5 Å². The first-order valence-corrected chi connectivity index (χ1v) is 4.15. The molecule has 0 heterocycles. The Kier molecular flexibility index (Phi) is 3.05. The zero-order valence-corrected chi connectivity index (χ0v) is 7.19. The Morgan fingerprint density at radius 2 is 2.33 bits per heavy atom. The number of carbonyl (C=O) groups excluding carboxylic acids is 1. The lowest BCUT2D eigenvalue weighted by Crippen LogP contribution is -2.21. The number of nitrogens with two attached hydrogens (primary N) is 1. The lowest BCUT2D eigenvalue weighted by molar-refractivity contribution is -0.145. The third-order valence-electron chi connectivity index (χ3n) is 2.49. The van der Waals surface area contributed by atoms with Crippen LogP contribution >= 0.6 is 0 Å². The standard InChI is InChI=1S/C8H15NO3/c1-12-8(11)5-2-6(4-9)7(10)3-5/h5-7,10H,2-4,9H2,1H3/t5-,6-,7?/m0/s1. The molecule has 4 heteroatoms. The predicted octanol–water partition coefficient (Wildman–Crippen LogP) is -0.495. The van der Waals surface area contributed by atoms with Gasteiger partial charge in [-0.1, -0.05) is 0 Å². The van der Waals surface area contributed by atoms with Gasteiger partial charge in [-0.25, -0.2) is 0 Å². The number of aliphatic hydroxyl groups is 1. The van der Waals surface area contributed by atoms with Gasteiger partial charge in [0.2, 0.25) is 0 Å². The highest BCUT2D eigenvalue weighted by atomic mass is 16.5. The van der Waals surface area contributed by atoms with Crippen LogP contribution in [0.2, 0.25) is 0 Å². The van der Waals surface area contributed by atoms with Crippen molar-refractivity contribution in [3.63, 3.8) is 0 Å². The summed E-state index contributed by atoms with van der Waals surface area (Å²) in [6.45, 7) is 0.439. The van der Waals surface area contributed by atoms with Crippen molar-refractivity contribution in [2.75, 3.05) is 13.7 Å². The maximum Gasteiger partial charge on any atom is 0.308 e. The maximum absolute atomic E-state index is 11.0. The van der Waals surface area contributed by atoms with E-state index in [1.54, 1.807) is 0 Å². The smallest absolute Gasteiger partial charge is 0.308 e. The zero-order valence-electron chi connectivity index (χ0n) is 7.19. The van der Waals surface area contributed by atoms with Gasteiger partial charge >= 0.3 is 5.97 Å². The summed E-state index contributed by atoms with van der Waals surface area (Å²) >= 11 is 0. The second kappa shape index (κ2) is 3.87. The molecular weight excluding hydrogens is 158 g/mol. The van der Waals surface area contributed by atoms with Crippen LogP contribution in [0.3, 0.4) is 0 Å². The molecule has 1 saturated carbocycles.